The number of ether oxygens (including phenoxy) is 1. The fourth-order valence-electron chi connectivity index (χ4n) is 5.53. The summed E-state index contributed by atoms with van der Waals surface area (Å²) in [6, 6.07) is 43.5. The smallest absolute Gasteiger partial charge is 0.220 e. The van der Waals surface area contributed by atoms with E-state index >= 15 is 0 Å². The van der Waals surface area contributed by atoms with Gasteiger partial charge in [-0.1, -0.05) is 54.6 Å². The number of fused-ring (bicyclic) bond motifs is 5. The van der Waals surface area contributed by atoms with Crippen molar-refractivity contribution in [3.8, 4) is 17.2 Å². The average molecular weight is 520 g/mol. The van der Waals surface area contributed by atoms with Gasteiger partial charge >= 0.3 is 0 Å². The van der Waals surface area contributed by atoms with Gasteiger partial charge in [0.1, 0.15) is 11.5 Å². The van der Waals surface area contributed by atoms with Crippen LogP contribution >= 0.6 is 0 Å². The fourth-order valence-corrected chi connectivity index (χ4v) is 5.53. The Labute approximate surface area is 231 Å². The first-order chi connectivity index (χ1) is 19.8. The third-order valence-corrected chi connectivity index (χ3v) is 7.39. The lowest BCUT2D eigenvalue weighted by Gasteiger charge is -2.22. The second-order valence-corrected chi connectivity index (χ2v) is 9.87. The molecule has 0 aliphatic carbocycles. The maximum absolute atomic E-state index is 6.41. The predicted molar refractivity (Wildman–Crippen MR) is 161 cm³/mol. The van der Waals surface area contributed by atoms with E-state index in [-0.39, 0.29) is 0 Å². The van der Waals surface area contributed by atoms with Gasteiger partial charge in [0.2, 0.25) is 5.78 Å². The normalized spacial score (nSPS) is 13.2. The molecule has 3 heterocycles. The molecule has 0 saturated heterocycles. The van der Waals surface area contributed by atoms with E-state index in [0.717, 1.165) is 57.4 Å². The number of imidazole rings is 2. The quantitative estimate of drug-likeness (QED) is 0.231. The molecule has 0 unspecified atom stereocenters. The van der Waals surface area contributed by atoms with Crippen LogP contribution in [0.25, 0.3) is 33.5 Å². The SMILES string of the molecule is C1=CN(c2cccc(Oc3cccc(-n4c5ccccc5n5c6ccccc6nc45)c3)c2)CN1c1ccccc1. The Hall–Kier alpha value is -5.49. The summed E-state index contributed by atoms with van der Waals surface area (Å²) in [7, 11) is 0. The van der Waals surface area contributed by atoms with Crippen LogP contribution in [-0.4, -0.2) is 20.6 Å². The number of benzene rings is 5. The van der Waals surface area contributed by atoms with E-state index < -0.39 is 0 Å². The minimum absolute atomic E-state index is 0.748. The Morgan fingerprint density at radius 1 is 0.525 bits per heavy atom. The highest BCUT2D eigenvalue weighted by Gasteiger charge is 2.18. The number of hydrogen-bond acceptors (Lipinski definition) is 4. The van der Waals surface area contributed by atoms with Crippen LogP contribution in [0.2, 0.25) is 0 Å². The van der Waals surface area contributed by atoms with Gasteiger partial charge in [-0.05, 0) is 60.7 Å². The molecule has 0 atom stereocenters. The average Bonchev–Trinajstić information content (AvgIpc) is 3.72. The number of nitrogens with zero attached hydrogens (tertiary/aromatic N) is 5. The van der Waals surface area contributed by atoms with Crippen molar-refractivity contribution >= 4 is 39.2 Å². The van der Waals surface area contributed by atoms with Gasteiger partial charge in [0.15, 0.2) is 0 Å². The summed E-state index contributed by atoms with van der Waals surface area (Å²) in [4.78, 5) is 9.43. The lowest BCUT2D eigenvalue weighted by atomic mass is 10.2. The van der Waals surface area contributed by atoms with E-state index in [1.165, 1.54) is 5.69 Å². The molecule has 2 aromatic heterocycles. The highest BCUT2D eigenvalue weighted by molar-refractivity contribution is 5.92. The summed E-state index contributed by atoms with van der Waals surface area (Å²) in [6.45, 7) is 0.748. The van der Waals surface area contributed by atoms with E-state index in [1.807, 2.05) is 36.4 Å². The van der Waals surface area contributed by atoms with Gasteiger partial charge in [-0.25, -0.2) is 4.98 Å². The van der Waals surface area contributed by atoms with Crippen LogP contribution in [0.15, 0.2) is 140 Å². The van der Waals surface area contributed by atoms with E-state index in [0.29, 0.717) is 0 Å². The zero-order chi connectivity index (χ0) is 26.5. The Morgan fingerprint density at radius 2 is 1.12 bits per heavy atom. The first-order valence-corrected chi connectivity index (χ1v) is 13.3. The number of anilines is 2. The molecule has 0 N–H and O–H groups in total. The molecule has 7 aromatic rings. The van der Waals surface area contributed by atoms with Gasteiger partial charge in [-0.3, -0.25) is 8.97 Å². The summed E-state index contributed by atoms with van der Waals surface area (Å²) < 4.78 is 10.8. The van der Waals surface area contributed by atoms with Crippen molar-refractivity contribution in [2.75, 3.05) is 16.5 Å². The van der Waals surface area contributed by atoms with Crippen LogP contribution in [-0.2, 0) is 0 Å². The maximum atomic E-state index is 6.41. The number of aromatic nitrogens is 3. The minimum Gasteiger partial charge on any atom is -0.457 e. The molecule has 0 amide bonds. The summed E-state index contributed by atoms with van der Waals surface area (Å²) in [6.07, 6.45) is 4.21. The van der Waals surface area contributed by atoms with Crippen molar-refractivity contribution in [1.82, 2.24) is 14.0 Å². The van der Waals surface area contributed by atoms with Crippen molar-refractivity contribution in [2.45, 2.75) is 0 Å². The molecule has 6 heteroatoms. The zero-order valence-electron chi connectivity index (χ0n) is 21.6. The molecular weight excluding hydrogens is 494 g/mol. The number of hydrogen-bond donors (Lipinski definition) is 0. The topological polar surface area (TPSA) is 37.9 Å². The van der Waals surface area contributed by atoms with Crippen LogP contribution in [0, 0.1) is 0 Å². The Balaban J connectivity index is 1.12. The highest BCUT2D eigenvalue weighted by atomic mass is 16.5. The third kappa shape index (κ3) is 3.69. The molecule has 0 fully saturated rings. The van der Waals surface area contributed by atoms with Crippen LogP contribution in [0.3, 0.4) is 0 Å². The van der Waals surface area contributed by atoms with E-state index in [9.17, 15) is 0 Å². The van der Waals surface area contributed by atoms with Gasteiger partial charge in [0.25, 0.3) is 0 Å². The molecule has 0 spiro atoms. The van der Waals surface area contributed by atoms with Crippen LogP contribution < -0.4 is 14.5 Å². The van der Waals surface area contributed by atoms with Crippen LogP contribution in [0.1, 0.15) is 0 Å². The highest BCUT2D eigenvalue weighted by Crippen LogP contribution is 2.33. The molecule has 1 aliphatic rings. The van der Waals surface area contributed by atoms with Crippen molar-refractivity contribution in [3.05, 3.63) is 140 Å². The molecule has 0 saturated carbocycles. The maximum Gasteiger partial charge on any atom is 0.220 e. The van der Waals surface area contributed by atoms with Crippen LogP contribution in [0.4, 0.5) is 11.4 Å². The van der Waals surface area contributed by atoms with Gasteiger partial charge in [0.05, 0.1) is 34.4 Å². The number of para-hydroxylation sites is 5. The van der Waals surface area contributed by atoms with Crippen molar-refractivity contribution < 1.29 is 4.74 Å². The largest absolute Gasteiger partial charge is 0.457 e. The van der Waals surface area contributed by atoms with Crippen LogP contribution in [0.5, 0.6) is 11.5 Å². The van der Waals surface area contributed by atoms with Gasteiger partial charge in [-0.2, -0.15) is 0 Å². The molecule has 1 aliphatic heterocycles. The minimum atomic E-state index is 0.748. The van der Waals surface area contributed by atoms with Crippen molar-refractivity contribution in [1.29, 1.82) is 0 Å². The predicted octanol–water partition coefficient (Wildman–Crippen LogP) is 7.98. The van der Waals surface area contributed by atoms with Crippen molar-refractivity contribution in [2.24, 2.45) is 0 Å². The summed E-state index contributed by atoms with van der Waals surface area (Å²) in [5.41, 5.74) is 7.53. The lowest BCUT2D eigenvalue weighted by molar-refractivity contribution is 0.482. The Morgan fingerprint density at radius 3 is 1.93 bits per heavy atom. The second kappa shape index (κ2) is 9.06. The molecule has 6 nitrogen and oxygen atoms in total. The monoisotopic (exact) mass is 519 g/mol. The van der Waals surface area contributed by atoms with Gasteiger partial charge in [-0.15, -0.1) is 0 Å². The first kappa shape index (κ1) is 22.5. The molecule has 5 aromatic carbocycles. The van der Waals surface area contributed by atoms with Gasteiger partial charge in [0, 0.05) is 35.9 Å². The molecular formula is C34H25N5O. The summed E-state index contributed by atoms with van der Waals surface area (Å²) >= 11 is 0. The van der Waals surface area contributed by atoms with E-state index in [4.69, 9.17) is 9.72 Å². The molecule has 0 radical (unpaired) electrons. The molecule has 192 valence electrons. The zero-order valence-corrected chi connectivity index (χ0v) is 21.6. The van der Waals surface area contributed by atoms with E-state index in [2.05, 4.69) is 122 Å². The Bertz CT molecular complexity index is 2040. The molecule has 8 rings (SSSR count). The second-order valence-electron chi connectivity index (χ2n) is 9.87. The molecule has 40 heavy (non-hydrogen) atoms. The standard InChI is InChI=1S/C34H25N5O/c1-2-10-25(11-3-1)36-20-21-37(24-36)26-12-8-14-28(22-26)40-29-15-9-13-27(23-29)38-32-18-6-7-19-33(32)39-31-17-5-4-16-30(31)35-34(38)39/h1-23H,24H2. The van der Waals surface area contributed by atoms with E-state index in [1.54, 1.807) is 0 Å². The summed E-state index contributed by atoms with van der Waals surface area (Å²) in [5, 5.41) is 0. The first-order valence-electron chi connectivity index (χ1n) is 13.3. The number of rotatable bonds is 5. The van der Waals surface area contributed by atoms with Crippen molar-refractivity contribution in [3.63, 3.8) is 0 Å². The third-order valence-electron chi connectivity index (χ3n) is 7.39. The summed E-state index contributed by atoms with van der Waals surface area (Å²) in [5.74, 6) is 2.44. The van der Waals surface area contributed by atoms with Gasteiger partial charge < -0.3 is 14.5 Å². The lowest BCUT2D eigenvalue weighted by Crippen LogP contribution is -2.24. The fraction of sp³-hybridized carbons (Fsp3) is 0.0294. The Kier molecular flexibility index (Phi) is 5.10. The molecule has 0 bridgehead atoms.